The molecule has 0 atom stereocenters. The number of amides is 1. The molecular weight excluding hydrogens is 364 g/mol. The van der Waals surface area contributed by atoms with Crippen LogP contribution in [0.5, 0.6) is 5.75 Å². The van der Waals surface area contributed by atoms with Crippen molar-refractivity contribution < 1.29 is 17.9 Å². The Morgan fingerprint density at radius 1 is 1.07 bits per heavy atom. The van der Waals surface area contributed by atoms with E-state index in [1.165, 1.54) is 4.31 Å². The zero-order valence-corrected chi connectivity index (χ0v) is 17.0. The Morgan fingerprint density at radius 2 is 1.74 bits per heavy atom. The van der Waals surface area contributed by atoms with Gasteiger partial charge in [-0.15, -0.1) is 0 Å². The summed E-state index contributed by atoms with van der Waals surface area (Å²) in [5.74, 6) is 0.380. The number of carbonyl (C=O) groups excluding carboxylic acids is 1. The number of aryl methyl sites for hydroxylation is 2. The fraction of sp³-hybridized carbons (Fsp3) is 0.350. The summed E-state index contributed by atoms with van der Waals surface area (Å²) in [4.78, 5) is 12.3. The van der Waals surface area contributed by atoms with Crippen molar-refractivity contribution in [2.75, 3.05) is 31.8 Å². The highest BCUT2D eigenvalue weighted by molar-refractivity contribution is 7.88. The molecule has 2 rings (SSSR count). The molecule has 0 aliphatic carbocycles. The van der Waals surface area contributed by atoms with E-state index in [-0.39, 0.29) is 19.0 Å². The molecule has 0 radical (unpaired) electrons. The molecule has 0 saturated heterocycles. The van der Waals surface area contributed by atoms with Crippen molar-refractivity contribution in [2.45, 2.75) is 20.3 Å². The van der Waals surface area contributed by atoms with Gasteiger partial charge in [-0.2, -0.15) is 4.31 Å². The number of hydrogen-bond donors (Lipinski definition) is 1. The van der Waals surface area contributed by atoms with Crippen molar-refractivity contribution in [1.29, 1.82) is 0 Å². The van der Waals surface area contributed by atoms with Crippen LogP contribution in [0, 0.1) is 13.8 Å². The minimum absolute atomic E-state index is 0.220. The van der Waals surface area contributed by atoms with Crippen molar-refractivity contribution in [2.24, 2.45) is 0 Å². The molecule has 27 heavy (non-hydrogen) atoms. The lowest BCUT2D eigenvalue weighted by molar-refractivity contribution is -0.116. The van der Waals surface area contributed by atoms with E-state index in [2.05, 4.69) is 5.32 Å². The number of benzene rings is 2. The lowest BCUT2D eigenvalue weighted by Gasteiger charge is -2.19. The van der Waals surface area contributed by atoms with Crippen LogP contribution in [0.3, 0.4) is 0 Å². The molecular formula is C20H26N2O4S. The van der Waals surface area contributed by atoms with Crippen molar-refractivity contribution in [1.82, 2.24) is 4.31 Å². The van der Waals surface area contributed by atoms with Crippen LogP contribution >= 0.6 is 0 Å². The summed E-state index contributed by atoms with van der Waals surface area (Å²) in [5.41, 5.74) is 3.82. The van der Waals surface area contributed by atoms with Crippen LogP contribution < -0.4 is 10.1 Å². The van der Waals surface area contributed by atoms with E-state index in [1.807, 2.05) is 56.3 Å². The normalized spacial score (nSPS) is 11.4. The van der Waals surface area contributed by atoms with Crippen molar-refractivity contribution in [3.05, 3.63) is 59.2 Å². The molecule has 7 heteroatoms. The molecule has 1 N–H and O–H groups in total. The zero-order chi connectivity index (χ0) is 20.0. The topological polar surface area (TPSA) is 75.7 Å². The van der Waals surface area contributed by atoms with E-state index >= 15 is 0 Å². The van der Waals surface area contributed by atoms with Gasteiger partial charge in [-0.1, -0.05) is 18.2 Å². The fourth-order valence-corrected chi connectivity index (χ4v) is 3.36. The average Bonchev–Trinajstić information content (AvgIpc) is 2.61. The molecule has 0 unspecified atom stereocenters. The smallest absolute Gasteiger partial charge is 0.239 e. The van der Waals surface area contributed by atoms with Gasteiger partial charge in [0, 0.05) is 12.2 Å². The second-order valence-corrected chi connectivity index (χ2v) is 8.52. The molecule has 2 aromatic carbocycles. The molecule has 0 bridgehead atoms. The third-order valence-corrected chi connectivity index (χ3v) is 5.64. The fourth-order valence-electron chi connectivity index (χ4n) is 2.59. The van der Waals surface area contributed by atoms with Crippen LogP contribution in [-0.2, 0) is 21.2 Å². The van der Waals surface area contributed by atoms with Gasteiger partial charge in [0.1, 0.15) is 5.75 Å². The number of nitrogens with one attached hydrogen (secondary N) is 1. The first kappa shape index (κ1) is 20.9. The van der Waals surface area contributed by atoms with Gasteiger partial charge in [0.05, 0.1) is 19.9 Å². The van der Waals surface area contributed by atoms with Gasteiger partial charge in [-0.3, -0.25) is 4.79 Å². The summed E-state index contributed by atoms with van der Waals surface area (Å²) in [7, 11) is -1.91. The van der Waals surface area contributed by atoms with Crippen LogP contribution in [0.2, 0.25) is 0 Å². The molecule has 0 spiro atoms. The molecule has 2 aromatic rings. The average molecular weight is 391 g/mol. The number of hydrogen-bond acceptors (Lipinski definition) is 4. The van der Waals surface area contributed by atoms with E-state index in [0.717, 1.165) is 28.7 Å². The number of carbonyl (C=O) groups is 1. The number of anilines is 1. The maximum absolute atomic E-state index is 12.3. The quantitative estimate of drug-likeness (QED) is 0.752. The highest BCUT2D eigenvalue weighted by atomic mass is 32.2. The van der Waals surface area contributed by atoms with Crippen LogP contribution in [0.15, 0.2) is 42.5 Å². The summed E-state index contributed by atoms with van der Waals surface area (Å²) < 4.78 is 30.4. The van der Waals surface area contributed by atoms with Crippen molar-refractivity contribution in [3.63, 3.8) is 0 Å². The first-order valence-electron chi connectivity index (χ1n) is 8.64. The first-order valence-corrected chi connectivity index (χ1v) is 10.5. The number of sulfonamides is 1. The van der Waals surface area contributed by atoms with Gasteiger partial charge < -0.3 is 10.1 Å². The Balaban J connectivity index is 2.00. The largest absolute Gasteiger partial charge is 0.497 e. The Morgan fingerprint density at radius 3 is 2.30 bits per heavy atom. The van der Waals surface area contributed by atoms with Gasteiger partial charge in [0.25, 0.3) is 0 Å². The first-order chi connectivity index (χ1) is 12.7. The van der Waals surface area contributed by atoms with E-state index in [0.29, 0.717) is 12.1 Å². The Hall–Kier alpha value is -2.38. The maximum Gasteiger partial charge on any atom is 0.239 e. The van der Waals surface area contributed by atoms with E-state index in [1.54, 1.807) is 7.11 Å². The molecule has 1 amide bonds. The maximum atomic E-state index is 12.3. The van der Waals surface area contributed by atoms with E-state index < -0.39 is 10.0 Å². The lowest BCUT2D eigenvalue weighted by Crippen LogP contribution is -2.38. The van der Waals surface area contributed by atoms with Gasteiger partial charge in [0.15, 0.2) is 0 Å². The lowest BCUT2D eigenvalue weighted by atomic mass is 10.1. The molecule has 0 aliphatic heterocycles. The number of rotatable bonds is 8. The van der Waals surface area contributed by atoms with E-state index in [4.69, 9.17) is 4.74 Å². The van der Waals surface area contributed by atoms with Crippen molar-refractivity contribution in [3.8, 4) is 5.75 Å². The Labute approximate surface area is 161 Å². The molecule has 0 aromatic heterocycles. The standard InChI is InChI=1S/C20H26N2O4S/c1-15-5-8-18(13-16(15)2)21-20(23)14-22(27(4,24)25)12-11-17-6-9-19(26-3)10-7-17/h5-10,13H,11-12,14H2,1-4H3,(H,21,23). The predicted molar refractivity (Wildman–Crippen MR) is 108 cm³/mol. The second kappa shape index (κ2) is 9.01. The Bertz CT molecular complexity index is 893. The van der Waals surface area contributed by atoms with Gasteiger partial charge in [0.2, 0.25) is 15.9 Å². The van der Waals surface area contributed by atoms with Gasteiger partial charge in [-0.25, -0.2) is 8.42 Å². The molecule has 0 heterocycles. The van der Waals surface area contributed by atoms with Crippen molar-refractivity contribution >= 4 is 21.6 Å². The molecule has 0 fully saturated rings. The summed E-state index contributed by atoms with van der Waals surface area (Å²) in [5, 5.41) is 2.76. The predicted octanol–water partition coefficient (Wildman–Crippen LogP) is 2.75. The summed E-state index contributed by atoms with van der Waals surface area (Å²) in [6.07, 6.45) is 1.62. The SMILES string of the molecule is COc1ccc(CCN(CC(=O)Nc2ccc(C)c(C)c2)S(C)(=O)=O)cc1. The Kier molecular flexibility index (Phi) is 6.98. The minimum Gasteiger partial charge on any atom is -0.497 e. The van der Waals surface area contributed by atoms with Gasteiger partial charge in [-0.05, 0) is 61.2 Å². The monoisotopic (exact) mass is 390 g/mol. The molecule has 0 saturated carbocycles. The summed E-state index contributed by atoms with van der Waals surface area (Å²) in [6, 6.07) is 13.0. The van der Waals surface area contributed by atoms with Crippen LogP contribution in [0.1, 0.15) is 16.7 Å². The third kappa shape index (κ3) is 6.37. The van der Waals surface area contributed by atoms with Crippen LogP contribution in [-0.4, -0.2) is 45.1 Å². The summed E-state index contributed by atoms with van der Waals surface area (Å²) >= 11 is 0. The van der Waals surface area contributed by atoms with Crippen LogP contribution in [0.25, 0.3) is 0 Å². The highest BCUT2D eigenvalue weighted by Gasteiger charge is 2.20. The molecule has 146 valence electrons. The molecule has 6 nitrogen and oxygen atoms in total. The van der Waals surface area contributed by atoms with Crippen LogP contribution in [0.4, 0.5) is 5.69 Å². The number of nitrogens with zero attached hydrogens (tertiary/aromatic N) is 1. The zero-order valence-electron chi connectivity index (χ0n) is 16.2. The summed E-state index contributed by atoms with van der Waals surface area (Å²) in [6.45, 7) is 3.96. The number of methoxy groups -OCH3 is 1. The minimum atomic E-state index is -3.50. The highest BCUT2D eigenvalue weighted by Crippen LogP contribution is 2.15. The number of ether oxygens (including phenoxy) is 1. The van der Waals surface area contributed by atoms with Gasteiger partial charge >= 0.3 is 0 Å². The second-order valence-electron chi connectivity index (χ2n) is 6.54. The molecule has 0 aliphatic rings. The third-order valence-electron chi connectivity index (χ3n) is 4.39. The van der Waals surface area contributed by atoms with E-state index in [9.17, 15) is 13.2 Å².